The van der Waals surface area contributed by atoms with Crippen LogP contribution in [0.1, 0.15) is 30.7 Å². The van der Waals surface area contributed by atoms with Crippen LogP contribution in [0.15, 0.2) is 33.9 Å². The van der Waals surface area contributed by atoms with Gasteiger partial charge < -0.3 is 15.4 Å². The molecule has 0 atom stereocenters. The van der Waals surface area contributed by atoms with Crippen molar-refractivity contribution in [1.82, 2.24) is 14.5 Å². The molecule has 0 aliphatic carbocycles. The summed E-state index contributed by atoms with van der Waals surface area (Å²) in [5.74, 6) is -0.255. The molecule has 0 saturated carbocycles. The number of carbonyl (C=O) groups is 1. The van der Waals surface area contributed by atoms with Gasteiger partial charge in [-0.05, 0) is 37.0 Å². The smallest absolute Gasteiger partial charge is 0.330 e. The summed E-state index contributed by atoms with van der Waals surface area (Å²) >= 11 is 0. The first-order valence-electron chi connectivity index (χ1n) is 10.9. The van der Waals surface area contributed by atoms with Gasteiger partial charge in [-0.15, -0.1) is 0 Å². The molecule has 0 aliphatic rings. The molecular formula is C24H31N5O4. The number of hydrogen-bond acceptors (Lipinski definition) is 6. The number of benzene rings is 1. The van der Waals surface area contributed by atoms with Gasteiger partial charge in [0.15, 0.2) is 5.69 Å². The maximum absolute atomic E-state index is 13.5. The Kier molecular flexibility index (Phi) is 7.33. The largest absolute Gasteiger partial charge is 0.383 e. The van der Waals surface area contributed by atoms with Crippen LogP contribution in [-0.4, -0.2) is 40.7 Å². The van der Waals surface area contributed by atoms with E-state index in [0.29, 0.717) is 6.54 Å². The molecule has 1 aromatic carbocycles. The summed E-state index contributed by atoms with van der Waals surface area (Å²) in [7, 11) is 1.51. The lowest BCUT2D eigenvalue weighted by molar-refractivity contribution is -0.118. The van der Waals surface area contributed by atoms with Crippen LogP contribution >= 0.6 is 0 Å². The summed E-state index contributed by atoms with van der Waals surface area (Å²) in [6, 6.07) is 7.76. The van der Waals surface area contributed by atoms with Crippen molar-refractivity contribution in [3.8, 4) is 0 Å². The van der Waals surface area contributed by atoms with E-state index in [1.807, 2.05) is 52.0 Å². The molecule has 0 spiro atoms. The fourth-order valence-electron chi connectivity index (χ4n) is 4.01. The van der Waals surface area contributed by atoms with Crippen molar-refractivity contribution < 1.29 is 9.53 Å². The number of hydrogen-bond donors (Lipinski definition) is 2. The zero-order valence-electron chi connectivity index (χ0n) is 19.8. The fraction of sp³-hybridized carbons (Fsp3) is 0.417. The number of H-pyrrole nitrogens is 1. The number of aryl methyl sites for hydroxylation is 2. The number of para-hydroxylation sites is 1. The van der Waals surface area contributed by atoms with E-state index in [9.17, 15) is 14.4 Å². The average Bonchev–Trinajstić information content (AvgIpc) is 2.76. The highest BCUT2D eigenvalue weighted by molar-refractivity contribution is 5.98. The van der Waals surface area contributed by atoms with Crippen molar-refractivity contribution in [2.75, 3.05) is 30.9 Å². The van der Waals surface area contributed by atoms with E-state index in [1.54, 1.807) is 0 Å². The number of carbonyl (C=O) groups excluding carboxylic acids is 1. The molecule has 1 amide bonds. The van der Waals surface area contributed by atoms with Gasteiger partial charge in [-0.1, -0.05) is 32.0 Å². The summed E-state index contributed by atoms with van der Waals surface area (Å²) in [5.41, 5.74) is 8.30. The number of nitrogen functional groups attached to an aromatic ring is 1. The van der Waals surface area contributed by atoms with Crippen molar-refractivity contribution in [1.29, 1.82) is 0 Å². The number of nitrogens with two attached hydrogens (primary N) is 1. The topological polar surface area (TPSA) is 123 Å². The summed E-state index contributed by atoms with van der Waals surface area (Å²) < 4.78 is 6.46. The molecule has 3 aromatic rings. The zero-order chi connectivity index (χ0) is 24.3. The normalized spacial score (nSPS) is 11.3. The second kappa shape index (κ2) is 9.99. The fourth-order valence-corrected chi connectivity index (χ4v) is 4.01. The number of fused-ring (bicyclic) bond motifs is 1. The lowest BCUT2D eigenvalue weighted by Crippen LogP contribution is -2.43. The van der Waals surface area contributed by atoms with Crippen LogP contribution in [0.25, 0.3) is 10.9 Å². The Morgan fingerprint density at radius 2 is 1.94 bits per heavy atom. The summed E-state index contributed by atoms with van der Waals surface area (Å²) in [4.78, 5) is 46.9. The molecule has 3 rings (SSSR count). The number of nitrogens with one attached hydrogen (secondary N) is 1. The quantitative estimate of drug-likeness (QED) is 0.539. The molecule has 2 aromatic heterocycles. The van der Waals surface area contributed by atoms with Crippen molar-refractivity contribution in [3.05, 3.63) is 61.9 Å². The molecule has 33 heavy (non-hydrogen) atoms. The second-order valence-electron chi connectivity index (χ2n) is 8.53. The van der Waals surface area contributed by atoms with Gasteiger partial charge in [-0.3, -0.25) is 24.1 Å². The lowest BCUT2D eigenvalue weighted by Gasteiger charge is -2.25. The van der Waals surface area contributed by atoms with Gasteiger partial charge in [0.05, 0.1) is 18.5 Å². The molecule has 3 N–H and O–H groups in total. The van der Waals surface area contributed by atoms with Crippen LogP contribution in [0.5, 0.6) is 0 Å². The molecular weight excluding hydrogens is 422 g/mol. The standard InChI is InChI=1S/C24H31N5O4/c1-14(2)13-29-22(25)21(23(31)27-24(29)32)28(10-11-33-5)20(30)12-18-15(3)17-8-6-7-9-19(17)26-16(18)4/h6-9,14H,10-13,25H2,1-5H3,(H,27,31,32). The van der Waals surface area contributed by atoms with Gasteiger partial charge in [0, 0.05) is 31.3 Å². The monoisotopic (exact) mass is 453 g/mol. The second-order valence-corrected chi connectivity index (χ2v) is 8.53. The Labute approximate surface area is 192 Å². The van der Waals surface area contributed by atoms with E-state index in [4.69, 9.17) is 10.5 Å². The minimum atomic E-state index is -0.702. The molecule has 0 bridgehead atoms. The third kappa shape index (κ3) is 4.98. The molecule has 9 heteroatoms. The third-order valence-corrected chi connectivity index (χ3v) is 5.67. The minimum Gasteiger partial charge on any atom is -0.383 e. The molecule has 0 radical (unpaired) electrons. The number of amides is 1. The third-order valence-electron chi connectivity index (χ3n) is 5.67. The number of methoxy groups -OCH3 is 1. The van der Waals surface area contributed by atoms with Gasteiger partial charge in [0.2, 0.25) is 5.91 Å². The predicted molar refractivity (Wildman–Crippen MR) is 130 cm³/mol. The Balaban J connectivity index is 2.08. The van der Waals surface area contributed by atoms with E-state index in [-0.39, 0.29) is 42.9 Å². The van der Waals surface area contributed by atoms with E-state index in [1.165, 1.54) is 16.6 Å². The molecule has 0 saturated heterocycles. The maximum atomic E-state index is 13.5. The predicted octanol–water partition coefficient (Wildman–Crippen LogP) is 2.16. The van der Waals surface area contributed by atoms with E-state index in [0.717, 1.165) is 27.7 Å². The molecule has 176 valence electrons. The molecule has 9 nitrogen and oxygen atoms in total. The number of pyridine rings is 1. The number of aromatic amines is 1. The number of nitrogens with zero attached hydrogens (tertiary/aromatic N) is 3. The Morgan fingerprint density at radius 3 is 2.61 bits per heavy atom. The minimum absolute atomic E-state index is 0.0292. The van der Waals surface area contributed by atoms with Crippen LogP contribution in [0, 0.1) is 19.8 Å². The summed E-state index contributed by atoms with van der Waals surface area (Å²) in [6.45, 7) is 8.32. The van der Waals surface area contributed by atoms with Gasteiger partial charge in [-0.2, -0.15) is 0 Å². The highest BCUT2D eigenvalue weighted by Gasteiger charge is 2.26. The summed E-state index contributed by atoms with van der Waals surface area (Å²) in [6.07, 6.45) is 0.0292. The first-order chi connectivity index (χ1) is 15.6. The number of rotatable bonds is 8. The Bertz CT molecular complexity index is 1290. The van der Waals surface area contributed by atoms with Crippen LogP contribution in [0.4, 0.5) is 11.5 Å². The van der Waals surface area contributed by atoms with Crippen molar-refractivity contribution in [2.45, 2.75) is 40.7 Å². The van der Waals surface area contributed by atoms with E-state index >= 15 is 0 Å². The van der Waals surface area contributed by atoms with Crippen LogP contribution in [0.3, 0.4) is 0 Å². The van der Waals surface area contributed by atoms with E-state index < -0.39 is 11.2 Å². The molecule has 0 unspecified atom stereocenters. The first-order valence-corrected chi connectivity index (χ1v) is 10.9. The van der Waals surface area contributed by atoms with Crippen LogP contribution in [-0.2, 0) is 22.5 Å². The lowest BCUT2D eigenvalue weighted by atomic mass is 9.99. The van der Waals surface area contributed by atoms with Crippen molar-refractivity contribution >= 4 is 28.3 Å². The maximum Gasteiger partial charge on any atom is 0.330 e. The Morgan fingerprint density at radius 1 is 1.24 bits per heavy atom. The van der Waals surface area contributed by atoms with Crippen molar-refractivity contribution in [3.63, 3.8) is 0 Å². The number of aromatic nitrogens is 3. The highest BCUT2D eigenvalue weighted by Crippen LogP contribution is 2.25. The molecule has 0 fully saturated rings. The van der Waals surface area contributed by atoms with Gasteiger partial charge in [0.25, 0.3) is 5.56 Å². The van der Waals surface area contributed by atoms with Gasteiger partial charge >= 0.3 is 5.69 Å². The van der Waals surface area contributed by atoms with Crippen LogP contribution in [0.2, 0.25) is 0 Å². The zero-order valence-corrected chi connectivity index (χ0v) is 19.8. The van der Waals surface area contributed by atoms with Crippen molar-refractivity contribution in [2.24, 2.45) is 5.92 Å². The van der Waals surface area contributed by atoms with Gasteiger partial charge in [0.1, 0.15) is 5.82 Å². The number of ether oxygens (including phenoxy) is 1. The Hall–Kier alpha value is -3.46. The SMILES string of the molecule is COCCN(C(=O)Cc1c(C)nc2ccccc2c1C)c1c(N)n(CC(C)C)c(=O)[nH]c1=O. The average molecular weight is 454 g/mol. The van der Waals surface area contributed by atoms with Crippen LogP contribution < -0.4 is 21.9 Å². The van der Waals surface area contributed by atoms with Gasteiger partial charge in [-0.25, -0.2) is 4.79 Å². The molecule has 0 aliphatic heterocycles. The molecule has 2 heterocycles. The van der Waals surface area contributed by atoms with E-state index in [2.05, 4.69) is 9.97 Å². The summed E-state index contributed by atoms with van der Waals surface area (Å²) in [5, 5.41) is 0.970. The first kappa shape index (κ1) is 24.2. The highest BCUT2D eigenvalue weighted by atomic mass is 16.5. The number of anilines is 2.